The molecule has 3 heteroatoms. The summed E-state index contributed by atoms with van der Waals surface area (Å²) in [6.45, 7) is 13.2. The second kappa shape index (κ2) is 9.70. The summed E-state index contributed by atoms with van der Waals surface area (Å²) in [4.78, 5) is 4.81. The van der Waals surface area contributed by atoms with Gasteiger partial charge in [-0.25, -0.2) is 0 Å². The average Bonchev–Trinajstić information content (AvgIpc) is 2.68. The number of hydrogen-bond acceptors (Lipinski definition) is 3. The first-order valence-corrected chi connectivity index (χ1v) is 9.78. The Balaban J connectivity index is 0.000000264. The lowest BCUT2D eigenvalue weighted by Gasteiger charge is -2.41. The Labute approximate surface area is 170 Å². The quantitative estimate of drug-likeness (QED) is 0.734. The molecule has 1 aromatic carbocycles. The zero-order valence-electron chi connectivity index (χ0n) is 16.4. The standard InChI is InChI=1S/C17H22N2.C7H8O.CH4/c1-4-12-8-14-9-15-11(3)18-7-6-13(15)10-17(14)19-16(12)5-2;1-6-2-4-7(8)5-3-6;/h4-5,8,11,13,15,18H,1-2,6-7,9-10H2,3H3;2-5,8H,1H3;1H4/t11-,13?,15?;;/m1../s1. The van der Waals surface area contributed by atoms with Crippen LogP contribution in [-0.2, 0) is 12.8 Å². The molecule has 3 nitrogen and oxygen atoms in total. The highest BCUT2D eigenvalue weighted by Crippen LogP contribution is 2.36. The van der Waals surface area contributed by atoms with Gasteiger partial charge in [0, 0.05) is 11.7 Å². The van der Waals surface area contributed by atoms with Crippen molar-refractivity contribution in [2.45, 2.75) is 46.6 Å². The van der Waals surface area contributed by atoms with E-state index in [0.29, 0.717) is 11.8 Å². The summed E-state index contributed by atoms with van der Waals surface area (Å²) < 4.78 is 0. The van der Waals surface area contributed by atoms with Crippen molar-refractivity contribution >= 4 is 12.2 Å². The molecule has 1 aliphatic carbocycles. The minimum absolute atomic E-state index is 0. The van der Waals surface area contributed by atoms with Crippen LogP contribution >= 0.6 is 0 Å². The van der Waals surface area contributed by atoms with Crippen LogP contribution in [0.4, 0.5) is 0 Å². The second-order valence-electron chi connectivity index (χ2n) is 7.68. The number of pyridine rings is 1. The molecule has 2 aromatic rings. The van der Waals surface area contributed by atoms with Crippen LogP contribution in [0.25, 0.3) is 12.2 Å². The van der Waals surface area contributed by atoms with E-state index in [9.17, 15) is 0 Å². The molecule has 1 fully saturated rings. The van der Waals surface area contributed by atoms with Crippen LogP contribution in [0.15, 0.2) is 43.5 Å². The molecule has 1 saturated heterocycles. The van der Waals surface area contributed by atoms with Gasteiger partial charge in [0.1, 0.15) is 5.75 Å². The monoisotopic (exact) mass is 378 g/mol. The van der Waals surface area contributed by atoms with Gasteiger partial charge >= 0.3 is 0 Å². The Morgan fingerprint density at radius 2 is 1.86 bits per heavy atom. The van der Waals surface area contributed by atoms with Gasteiger partial charge in [-0.05, 0) is 86.9 Å². The molecule has 28 heavy (non-hydrogen) atoms. The zero-order chi connectivity index (χ0) is 19.4. The summed E-state index contributed by atoms with van der Waals surface area (Å²) in [6, 6.07) is 9.98. The lowest BCUT2D eigenvalue weighted by molar-refractivity contribution is 0.183. The number of nitrogens with zero attached hydrogens (tertiary/aromatic N) is 1. The fourth-order valence-corrected chi connectivity index (χ4v) is 4.22. The maximum Gasteiger partial charge on any atom is 0.115 e. The Bertz CT molecular complexity index is 789. The molecule has 0 radical (unpaired) electrons. The molecule has 0 saturated carbocycles. The van der Waals surface area contributed by atoms with E-state index in [1.54, 1.807) is 12.1 Å². The fourth-order valence-electron chi connectivity index (χ4n) is 4.22. The number of aromatic hydroxyl groups is 1. The number of aryl methyl sites for hydroxylation is 1. The number of aromatic nitrogens is 1. The molecule has 0 spiro atoms. The first-order chi connectivity index (χ1) is 13.0. The van der Waals surface area contributed by atoms with Gasteiger partial charge in [-0.15, -0.1) is 0 Å². The number of piperidine rings is 1. The van der Waals surface area contributed by atoms with Crippen molar-refractivity contribution in [1.29, 1.82) is 0 Å². The van der Waals surface area contributed by atoms with Crippen molar-refractivity contribution < 1.29 is 5.11 Å². The van der Waals surface area contributed by atoms with Crippen molar-refractivity contribution in [2.75, 3.05) is 6.54 Å². The second-order valence-corrected chi connectivity index (χ2v) is 7.68. The average molecular weight is 379 g/mol. The normalized spacial score (nSPS) is 22.4. The van der Waals surface area contributed by atoms with E-state index in [0.717, 1.165) is 42.5 Å². The number of nitrogens with one attached hydrogen (secondary N) is 1. The van der Waals surface area contributed by atoms with Crippen molar-refractivity contribution in [3.8, 4) is 5.75 Å². The summed E-state index contributed by atoms with van der Waals surface area (Å²) in [6.07, 6.45) is 7.29. The van der Waals surface area contributed by atoms with E-state index in [2.05, 4.69) is 31.5 Å². The van der Waals surface area contributed by atoms with E-state index < -0.39 is 0 Å². The van der Waals surface area contributed by atoms with Crippen molar-refractivity contribution in [3.05, 3.63) is 71.6 Å². The Morgan fingerprint density at radius 3 is 2.46 bits per heavy atom. The summed E-state index contributed by atoms with van der Waals surface area (Å²) in [5.74, 6) is 1.88. The Kier molecular flexibility index (Phi) is 7.59. The van der Waals surface area contributed by atoms with Gasteiger partial charge in [0.2, 0.25) is 0 Å². The van der Waals surface area contributed by atoms with Gasteiger partial charge in [-0.2, -0.15) is 0 Å². The van der Waals surface area contributed by atoms with Crippen molar-refractivity contribution in [1.82, 2.24) is 10.3 Å². The topological polar surface area (TPSA) is 45.2 Å². The maximum atomic E-state index is 8.76. The van der Waals surface area contributed by atoms with Gasteiger partial charge in [-0.1, -0.05) is 44.4 Å². The molecule has 0 bridgehead atoms. The van der Waals surface area contributed by atoms with Gasteiger partial charge in [-0.3, -0.25) is 4.98 Å². The minimum Gasteiger partial charge on any atom is -0.508 e. The third-order valence-corrected chi connectivity index (χ3v) is 5.84. The largest absolute Gasteiger partial charge is 0.508 e. The third kappa shape index (κ3) is 4.90. The first kappa shape index (κ1) is 21.9. The number of hydrogen-bond donors (Lipinski definition) is 2. The predicted molar refractivity (Wildman–Crippen MR) is 120 cm³/mol. The summed E-state index contributed by atoms with van der Waals surface area (Å²) in [5, 5.41) is 12.4. The van der Waals surface area contributed by atoms with Crippen LogP contribution in [0.5, 0.6) is 5.75 Å². The molecule has 3 atom stereocenters. The molecule has 2 heterocycles. The molecule has 1 aliphatic heterocycles. The van der Waals surface area contributed by atoms with Crippen LogP contribution in [0, 0.1) is 18.8 Å². The number of phenols is 1. The maximum absolute atomic E-state index is 8.76. The number of rotatable bonds is 2. The number of phenolic OH excluding ortho intramolecular Hbond substituents is 1. The van der Waals surface area contributed by atoms with E-state index in [4.69, 9.17) is 10.1 Å². The van der Waals surface area contributed by atoms with Crippen LogP contribution in [0.2, 0.25) is 0 Å². The first-order valence-electron chi connectivity index (χ1n) is 9.78. The highest BCUT2D eigenvalue weighted by Gasteiger charge is 2.35. The zero-order valence-corrected chi connectivity index (χ0v) is 16.4. The van der Waals surface area contributed by atoms with E-state index >= 15 is 0 Å². The number of benzene rings is 1. The summed E-state index contributed by atoms with van der Waals surface area (Å²) >= 11 is 0. The van der Waals surface area contributed by atoms with E-state index in [1.165, 1.54) is 23.2 Å². The number of fused-ring (bicyclic) bond motifs is 2. The lowest BCUT2D eigenvalue weighted by Crippen LogP contribution is -2.47. The highest BCUT2D eigenvalue weighted by molar-refractivity contribution is 5.62. The van der Waals surface area contributed by atoms with Crippen LogP contribution in [-0.4, -0.2) is 22.7 Å². The molecule has 0 amide bonds. The molecule has 2 unspecified atom stereocenters. The Hall–Kier alpha value is -2.39. The molecular weight excluding hydrogens is 344 g/mol. The molecule has 2 N–H and O–H groups in total. The smallest absolute Gasteiger partial charge is 0.115 e. The summed E-state index contributed by atoms with van der Waals surface area (Å²) in [7, 11) is 0. The molecular formula is C25H34N2O. The van der Waals surface area contributed by atoms with Crippen LogP contribution in [0.1, 0.15) is 48.8 Å². The molecule has 150 valence electrons. The van der Waals surface area contributed by atoms with Crippen molar-refractivity contribution in [2.24, 2.45) is 11.8 Å². The summed E-state index contributed by atoms with van der Waals surface area (Å²) in [5.41, 5.74) is 5.97. The van der Waals surface area contributed by atoms with Gasteiger partial charge in [0.25, 0.3) is 0 Å². The fraction of sp³-hybridized carbons (Fsp3) is 0.400. The lowest BCUT2D eigenvalue weighted by atomic mass is 9.71. The Morgan fingerprint density at radius 1 is 1.14 bits per heavy atom. The highest BCUT2D eigenvalue weighted by atomic mass is 16.3. The minimum atomic E-state index is 0. The predicted octanol–water partition coefficient (Wildman–Crippen LogP) is 5.42. The van der Waals surface area contributed by atoms with Crippen LogP contribution in [0.3, 0.4) is 0 Å². The third-order valence-electron chi connectivity index (χ3n) is 5.84. The van der Waals surface area contributed by atoms with Crippen molar-refractivity contribution in [3.63, 3.8) is 0 Å². The van der Waals surface area contributed by atoms with Gasteiger partial charge in [0.15, 0.2) is 0 Å². The SMILES string of the molecule is C.C=Cc1cc2c(nc1C=C)CC1CCN[C@H](C)C1C2.Cc1ccc(O)cc1. The molecule has 2 aliphatic rings. The van der Waals surface area contributed by atoms with E-state index in [1.807, 2.05) is 31.2 Å². The van der Waals surface area contributed by atoms with Gasteiger partial charge < -0.3 is 10.4 Å². The van der Waals surface area contributed by atoms with E-state index in [-0.39, 0.29) is 7.43 Å². The van der Waals surface area contributed by atoms with Crippen LogP contribution < -0.4 is 5.32 Å². The molecule has 4 rings (SSSR count). The molecule has 1 aromatic heterocycles. The van der Waals surface area contributed by atoms with Gasteiger partial charge in [0.05, 0.1) is 5.69 Å².